The van der Waals surface area contributed by atoms with Crippen LogP contribution in [0.1, 0.15) is 38.0 Å². The molecule has 10 heteroatoms. The van der Waals surface area contributed by atoms with Crippen molar-refractivity contribution in [2.24, 2.45) is 5.73 Å². The number of carbonyl (C=O) groups excluding carboxylic acids is 1. The van der Waals surface area contributed by atoms with Crippen LogP contribution in [0.5, 0.6) is 5.75 Å². The Morgan fingerprint density at radius 1 is 1.06 bits per heavy atom. The quantitative estimate of drug-likeness (QED) is 0.370. The van der Waals surface area contributed by atoms with Crippen molar-refractivity contribution in [3.8, 4) is 5.75 Å². The number of carbonyl (C=O) groups is 2. The molecule has 0 saturated heterocycles. The van der Waals surface area contributed by atoms with E-state index < -0.39 is 30.2 Å². The van der Waals surface area contributed by atoms with Crippen molar-refractivity contribution in [2.45, 2.75) is 19.2 Å². The van der Waals surface area contributed by atoms with Gasteiger partial charge in [-0.1, -0.05) is 30.3 Å². The first-order valence-electron chi connectivity index (χ1n) is 10.1. The molecule has 1 aromatic heterocycles. The maximum atomic E-state index is 14.0. The molecule has 0 saturated carbocycles. The summed E-state index contributed by atoms with van der Waals surface area (Å²) in [6.45, 7) is -2.80. The Morgan fingerprint density at radius 3 is 2.44 bits per heavy atom. The number of alkyl halides is 2. The number of Topliss-reactive ketones (excluding diaryl/α,β-unsaturated/α-hetero) is 1. The summed E-state index contributed by atoms with van der Waals surface area (Å²) < 4.78 is 44.6. The van der Waals surface area contributed by atoms with Crippen molar-refractivity contribution in [1.82, 2.24) is 9.78 Å². The third-order valence-electron chi connectivity index (χ3n) is 5.24. The highest BCUT2D eigenvalue weighted by Gasteiger charge is 2.27. The molecule has 3 aromatic carbocycles. The van der Waals surface area contributed by atoms with E-state index in [9.17, 15) is 27.9 Å². The number of halogens is 3. The molecule has 4 aromatic rings. The summed E-state index contributed by atoms with van der Waals surface area (Å²) >= 11 is 0. The smallest absolute Gasteiger partial charge is 0.387 e. The molecule has 1 atom stereocenters. The average Bonchev–Trinajstić information content (AvgIpc) is 3.16. The van der Waals surface area contributed by atoms with E-state index in [2.05, 4.69) is 9.84 Å². The van der Waals surface area contributed by atoms with E-state index in [1.807, 2.05) is 0 Å². The summed E-state index contributed by atoms with van der Waals surface area (Å²) in [7, 11) is 0. The maximum absolute atomic E-state index is 14.0. The van der Waals surface area contributed by atoms with Crippen molar-refractivity contribution >= 4 is 22.7 Å². The Balaban J connectivity index is 1.71. The number of hydrogen-bond donors (Lipinski definition) is 2. The Morgan fingerprint density at radius 2 is 1.76 bits per heavy atom. The van der Waals surface area contributed by atoms with Crippen LogP contribution in [0.15, 0.2) is 66.7 Å². The molecule has 0 bridgehead atoms. The highest BCUT2D eigenvalue weighted by molar-refractivity contribution is 6.09. The third kappa shape index (κ3) is 4.62. The molecular formula is C24H18F3N3O4. The minimum Gasteiger partial charge on any atom is -0.478 e. The van der Waals surface area contributed by atoms with Gasteiger partial charge in [0.05, 0.1) is 23.7 Å². The number of rotatable bonds is 8. The van der Waals surface area contributed by atoms with Crippen molar-refractivity contribution in [2.75, 3.05) is 0 Å². The van der Waals surface area contributed by atoms with Gasteiger partial charge in [-0.05, 0) is 47.5 Å². The number of nitrogens with two attached hydrogens (primary N) is 1. The lowest BCUT2D eigenvalue weighted by Crippen LogP contribution is -2.24. The average molecular weight is 469 g/mol. The number of ether oxygens (including phenoxy) is 1. The Bertz CT molecular complexity index is 1370. The van der Waals surface area contributed by atoms with Gasteiger partial charge in [0.2, 0.25) is 5.78 Å². The van der Waals surface area contributed by atoms with E-state index in [-0.39, 0.29) is 34.5 Å². The van der Waals surface area contributed by atoms with E-state index in [0.29, 0.717) is 11.1 Å². The molecule has 0 amide bonds. The first-order chi connectivity index (χ1) is 16.2. The number of benzene rings is 3. The van der Waals surface area contributed by atoms with Crippen LogP contribution in [0.4, 0.5) is 13.2 Å². The van der Waals surface area contributed by atoms with Crippen molar-refractivity contribution in [3.05, 3.63) is 94.9 Å². The number of nitrogens with zero attached hydrogens (tertiary/aromatic N) is 2. The largest absolute Gasteiger partial charge is 0.478 e. The fraction of sp³-hybridized carbons (Fsp3) is 0.125. The van der Waals surface area contributed by atoms with Crippen LogP contribution in [0.3, 0.4) is 0 Å². The number of ketones is 1. The molecule has 4 rings (SSSR count). The van der Waals surface area contributed by atoms with E-state index in [1.165, 1.54) is 47.1 Å². The molecule has 0 aliphatic heterocycles. The van der Waals surface area contributed by atoms with Gasteiger partial charge in [0, 0.05) is 5.39 Å². The first kappa shape index (κ1) is 23.0. The van der Waals surface area contributed by atoms with Crippen molar-refractivity contribution in [3.63, 3.8) is 0 Å². The van der Waals surface area contributed by atoms with Crippen LogP contribution in [-0.4, -0.2) is 33.3 Å². The molecule has 1 heterocycles. The zero-order valence-electron chi connectivity index (χ0n) is 17.5. The van der Waals surface area contributed by atoms with E-state index in [1.54, 1.807) is 18.2 Å². The summed E-state index contributed by atoms with van der Waals surface area (Å²) in [5.74, 6) is -2.51. The number of carboxylic acid groups (broad SMARTS) is 1. The first-order valence-corrected chi connectivity index (χ1v) is 10.1. The maximum Gasteiger partial charge on any atom is 0.387 e. The van der Waals surface area contributed by atoms with Crippen LogP contribution in [0.2, 0.25) is 0 Å². The van der Waals surface area contributed by atoms with E-state index in [0.717, 1.165) is 6.07 Å². The van der Waals surface area contributed by atoms with Gasteiger partial charge in [-0.2, -0.15) is 13.9 Å². The van der Waals surface area contributed by atoms with Gasteiger partial charge >= 0.3 is 12.6 Å². The second-order valence-electron chi connectivity index (χ2n) is 7.42. The van der Waals surface area contributed by atoms with Gasteiger partial charge < -0.3 is 15.6 Å². The molecule has 3 N–H and O–H groups in total. The lowest BCUT2D eigenvalue weighted by atomic mass is 9.95. The number of fused-ring (bicyclic) bond motifs is 1. The topological polar surface area (TPSA) is 107 Å². The van der Waals surface area contributed by atoms with Crippen LogP contribution >= 0.6 is 0 Å². The summed E-state index contributed by atoms with van der Waals surface area (Å²) in [6, 6.07) is 14.2. The second kappa shape index (κ2) is 9.36. The summed E-state index contributed by atoms with van der Waals surface area (Å²) in [6.07, 6.45) is 0. The standard InChI is InChI=1S/C24H18F3N3O4/c25-14-7-10-19-18(11-14)21(22(31)20(28)16-3-1-2-4-17(16)23(32)33)29-30(19)12-13-5-8-15(9-6-13)34-24(26)27/h1-11,20,24H,12,28H2,(H,32,33). The zero-order valence-corrected chi connectivity index (χ0v) is 17.5. The molecule has 1 unspecified atom stereocenters. The summed E-state index contributed by atoms with van der Waals surface area (Å²) in [5.41, 5.74) is 7.10. The minimum atomic E-state index is -2.94. The SMILES string of the molecule is NC(C(=O)c1nn(Cc2ccc(OC(F)F)cc2)c2ccc(F)cc12)c1ccccc1C(=O)O. The van der Waals surface area contributed by atoms with E-state index in [4.69, 9.17) is 5.73 Å². The third-order valence-corrected chi connectivity index (χ3v) is 5.24. The minimum absolute atomic E-state index is 0.00918. The van der Waals surface area contributed by atoms with E-state index >= 15 is 0 Å². The van der Waals surface area contributed by atoms with Crippen molar-refractivity contribution in [1.29, 1.82) is 0 Å². The lowest BCUT2D eigenvalue weighted by molar-refractivity contribution is -0.0498. The molecule has 34 heavy (non-hydrogen) atoms. The monoisotopic (exact) mass is 469 g/mol. The Labute approximate surface area is 191 Å². The van der Waals surface area contributed by atoms with Gasteiger partial charge in [0.25, 0.3) is 0 Å². The lowest BCUT2D eigenvalue weighted by Gasteiger charge is -2.12. The van der Waals surface area contributed by atoms with Crippen LogP contribution < -0.4 is 10.5 Å². The number of aromatic nitrogens is 2. The van der Waals surface area contributed by atoms with Crippen LogP contribution in [-0.2, 0) is 6.54 Å². The molecule has 0 spiro atoms. The molecule has 0 aliphatic carbocycles. The van der Waals surface area contributed by atoms with Gasteiger partial charge in [-0.15, -0.1) is 0 Å². The Kier molecular flexibility index (Phi) is 6.33. The second-order valence-corrected chi connectivity index (χ2v) is 7.42. The highest BCUT2D eigenvalue weighted by Crippen LogP contribution is 2.27. The molecule has 0 fully saturated rings. The van der Waals surface area contributed by atoms with Crippen LogP contribution in [0, 0.1) is 5.82 Å². The predicted octanol–water partition coefficient (Wildman–Crippen LogP) is 4.41. The van der Waals surface area contributed by atoms with Gasteiger partial charge in [-0.3, -0.25) is 9.48 Å². The molecule has 7 nitrogen and oxygen atoms in total. The number of aromatic carboxylic acids is 1. The molecule has 0 aliphatic rings. The van der Waals surface area contributed by atoms with Crippen LogP contribution in [0.25, 0.3) is 10.9 Å². The number of carboxylic acids is 1. The molecular weight excluding hydrogens is 451 g/mol. The summed E-state index contributed by atoms with van der Waals surface area (Å²) in [5, 5.41) is 14.0. The predicted molar refractivity (Wildman–Crippen MR) is 117 cm³/mol. The fourth-order valence-corrected chi connectivity index (χ4v) is 3.65. The number of hydrogen-bond acceptors (Lipinski definition) is 5. The van der Waals surface area contributed by atoms with Crippen molar-refractivity contribution < 1.29 is 32.6 Å². The summed E-state index contributed by atoms with van der Waals surface area (Å²) in [4.78, 5) is 24.8. The van der Waals surface area contributed by atoms with Gasteiger partial charge in [0.15, 0.2) is 0 Å². The van der Waals surface area contributed by atoms with Gasteiger partial charge in [0.1, 0.15) is 17.3 Å². The fourth-order valence-electron chi connectivity index (χ4n) is 3.65. The zero-order chi connectivity index (χ0) is 24.4. The molecule has 174 valence electrons. The highest BCUT2D eigenvalue weighted by atomic mass is 19.3. The van der Waals surface area contributed by atoms with Gasteiger partial charge in [-0.25, -0.2) is 9.18 Å². The Hall–Kier alpha value is -4.18. The normalized spacial score (nSPS) is 12.1. The molecule has 0 radical (unpaired) electrons.